The summed E-state index contributed by atoms with van der Waals surface area (Å²) in [6.07, 6.45) is 2.43. The molecule has 0 spiro atoms. The highest BCUT2D eigenvalue weighted by Gasteiger charge is 2.34. The number of fused-ring (bicyclic) bond motifs is 1. The molecule has 2 aromatic rings. The summed E-state index contributed by atoms with van der Waals surface area (Å²) in [5.41, 5.74) is 2.21. The molecule has 0 unspecified atom stereocenters. The molecule has 0 saturated heterocycles. The summed E-state index contributed by atoms with van der Waals surface area (Å²) in [7, 11) is 1.73. The molecule has 0 bridgehead atoms. The molecule has 2 aromatic carbocycles. The van der Waals surface area contributed by atoms with Gasteiger partial charge in [-0.3, -0.25) is 19.5 Å². The number of carbonyl (C=O) groups is 2. The van der Waals surface area contributed by atoms with Gasteiger partial charge in [-0.05, 0) is 49.1 Å². The number of carbonyl (C=O) groups excluding carboxylic acids is 2. The smallest absolute Gasteiger partial charge is 0.261 e. The second kappa shape index (κ2) is 11.9. The van der Waals surface area contributed by atoms with Crippen LogP contribution < -0.4 is 10.6 Å². The Hall–Kier alpha value is -2.13. The van der Waals surface area contributed by atoms with E-state index in [0.29, 0.717) is 24.2 Å². The van der Waals surface area contributed by atoms with Crippen LogP contribution in [0.15, 0.2) is 53.5 Å². The molecule has 0 aromatic heterocycles. The van der Waals surface area contributed by atoms with Crippen LogP contribution in [0.25, 0.3) is 0 Å². The second-order valence-corrected chi connectivity index (χ2v) is 7.25. The van der Waals surface area contributed by atoms with Gasteiger partial charge in [-0.25, -0.2) is 0 Å². The second-order valence-electron chi connectivity index (χ2n) is 6.82. The Balaban J connectivity index is 0.00000320. The van der Waals surface area contributed by atoms with E-state index >= 15 is 0 Å². The van der Waals surface area contributed by atoms with Crippen molar-refractivity contribution in [2.75, 3.05) is 26.7 Å². The predicted octanol–water partition coefficient (Wildman–Crippen LogP) is 3.74. The first-order valence-corrected chi connectivity index (χ1v) is 10.1. The summed E-state index contributed by atoms with van der Waals surface area (Å²) in [5.74, 6) is 0.344. The van der Waals surface area contributed by atoms with E-state index in [2.05, 4.69) is 15.6 Å². The standard InChI is InChI=1S/C22H25ClN4O2.HI/c1-24-22(26-14-12-16-8-10-17(23)11-9-16)25-13-4-5-15-27-20(28)18-6-2-3-7-19(18)21(27)29;/h2-3,6-11H,4-5,12-15H2,1H3,(H2,24,25,26);1H. The Bertz CT molecular complexity index is 867. The molecule has 1 heterocycles. The third kappa shape index (κ3) is 6.18. The van der Waals surface area contributed by atoms with Crippen LogP contribution in [0.3, 0.4) is 0 Å². The van der Waals surface area contributed by atoms with Crippen molar-refractivity contribution < 1.29 is 9.59 Å². The molecule has 0 fully saturated rings. The van der Waals surface area contributed by atoms with Gasteiger partial charge >= 0.3 is 0 Å². The van der Waals surface area contributed by atoms with Crippen molar-refractivity contribution >= 4 is 53.4 Å². The number of imide groups is 1. The van der Waals surface area contributed by atoms with Crippen LogP contribution in [0.2, 0.25) is 5.02 Å². The summed E-state index contributed by atoms with van der Waals surface area (Å²) in [5, 5.41) is 7.27. The third-order valence-corrected chi connectivity index (χ3v) is 5.07. The van der Waals surface area contributed by atoms with Gasteiger partial charge in [0.1, 0.15) is 0 Å². The topological polar surface area (TPSA) is 73.8 Å². The Morgan fingerprint density at radius 2 is 1.53 bits per heavy atom. The Morgan fingerprint density at radius 1 is 0.933 bits per heavy atom. The molecule has 0 atom stereocenters. The van der Waals surface area contributed by atoms with E-state index in [4.69, 9.17) is 11.6 Å². The normalized spacial score (nSPS) is 13.1. The lowest BCUT2D eigenvalue weighted by atomic mass is 10.1. The van der Waals surface area contributed by atoms with Gasteiger partial charge in [-0.1, -0.05) is 35.9 Å². The van der Waals surface area contributed by atoms with Crippen LogP contribution in [0, 0.1) is 0 Å². The summed E-state index contributed by atoms with van der Waals surface area (Å²) in [4.78, 5) is 30.2. The maximum atomic E-state index is 12.3. The van der Waals surface area contributed by atoms with Crippen molar-refractivity contribution in [1.82, 2.24) is 15.5 Å². The molecule has 1 aliphatic rings. The number of hydrogen-bond acceptors (Lipinski definition) is 3. The molecule has 2 amide bonds. The third-order valence-electron chi connectivity index (χ3n) is 4.82. The molecular formula is C22H26ClIN4O2. The quantitative estimate of drug-likeness (QED) is 0.176. The minimum absolute atomic E-state index is 0. The van der Waals surface area contributed by atoms with Gasteiger partial charge in [0.25, 0.3) is 11.8 Å². The molecule has 8 heteroatoms. The number of amides is 2. The van der Waals surface area contributed by atoms with Gasteiger partial charge < -0.3 is 10.6 Å². The number of benzene rings is 2. The summed E-state index contributed by atoms with van der Waals surface area (Å²) in [6, 6.07) is 14.8. The first-order valence-electron chi connectivity index (χ1n) is 9.74. The van der Waals surface area contributed by atoms with Crippen LogP contribution >= 0.6 is 35.6 Å². The molecule has 0 saturated carbocycles. The summed E-state index contributed by atoms with van der Waals surface area (Å²) < 4.78 is 0. The Morgan fingerprint density at radius 3 is 2.13 bits per heavy atom. The number of aliphatic imine (C=N–C) groups is 1. The largest absolute Gasteiger partial charge is 0.356 e. The van der Waals surface area contributed by atoms with Crippen LogP contribution in [0.5, 0.6) is 0 Å². The average molecular weight is 541 g/mol. The number of nitrogens with one attached hydrogen (secondary N) is 2. The van der Waals surface area contributed by atoms with E-state index in [-0.39, 0.29) is 35.8 Å². The monoisotopic (exact) mass is 540 g/mol. The van der Waals surface area contributed by atoms with Gasteiger partial charge in [0.2, 0.25) is 0 Å². The Labute approximate surface area is 199 Å². The Kier molecular flexibility index (Phi) is 9.58. The van der Waals surface area contributed by atoms with E-state index in [1.54, 1.807) is 31.3 Å². The zero-order valence-corrected chi connectivity index (χ0v) is 19.9. The highest BCUT2D eigenvalue weighted by atomic mass is 127. The van der Waals surface area contributed by atoms with Crippen molar-refractivity contribution in [3.8, 4) is 0 Å². The fourth-order valence-electron chi connectivity index (χ4n) is 3.24. The molecule has 3 rings (SSSR count). The van der Waals surface area contributed by atoms with Gasteiger partial charge in [0, 0.05) is 31.7 Å². The molecule has 2 N–H and O–H groups in total. The highest BCUT2D eigenvalue weighted by Crippen LogP contribution is 2.22. The fourth-order valence-corrected chi connectivity index (χ4v) is 3.37. The van der Waals surface area contributed by atoms with Crippen LogP contribution in [0.1, 0.15) is 39.1 Å². The maximum absolute atomic E-state index is 12.3. The van der Waals surface area contributed by atoms with E-state index in [1.165, 1.54) is 10.5 Å². The fraction of sp³-hybridized carbons (Fsp3) is 0.318. The number of guanidine groups is 1. The minimum atomic E-state index is -0.196. The summed E-state index contributed by atoms with van der Waals surface area (Å²) >= 11 is 5.90. The van der Waals surface area contributed by atoms with E-state index in [9.17, 15) is 9.59 Å². The summed E-state index contributed by atoms with van der Waals surface area (Å²) in [6.45, 7) is 1.90. The molecule has 0 radical (unpaired) electrons. The first kappa shape index (κ1) is 24.1. The molecule has 1 aliphatic heterocycles. The van der Waals surface area contributed by atoms with Crippen LogP contribution in [0.4, 0.5) is 0 Å². The lowest BCUT2D eigenvalue weighted by Crippen LogP contribution is -2.39. The minimum Gasteiger partial charge on any atom is -0.356 e. The number of hydrogen-bond donors (Lipinski definition) is 2. The average Bonchev–Trinajstić information content (AvgIpc) is 2.98. The van der Waals surface area contributed by atoms with Crippen molar-refractivity contribution in [3.63, 3.8) is 0 Å². The van der Waals surface area contributed by atoms with Crippen molar-refractivity contribution in [2.24, 2.45) is 4.99 Å². The van der Waals surface area contributed by atoms with E-state index < -0.39 is 0 Å². The lowest BCUT2D eigenvalue weighted by Gasteiger charge is -2.15. The SMILES string of the molecule is CN=C(NCCCCN1C(=O)c2ccccc2C1=O)NCCc1ccc(Cl)cc1.I. The van der Waals surface area contributed by atoms with E-state index in [0.717, 1.165) is 36.8 Å². The molecule has 160 valence electrons. The van der Waals surface area contributed by atoms with Crippen LogP contribution in [-0.4, -0.2) is 49.4 Å². The van der Waals surface area contributed by atoms with Gasteiger partial charge in [-0.2, -0.15) is 0 Å². The zero-order valence-electron chi connectivity index (χ0n) is 16.9. The van der Waals surface area contributed by atoms with Crippen LogP contribution in [-0.2, 0) is 6.42 Å². The number of unbranched alkanes of at least 4 members (excludes halogenated alkanes) is 1. The molecule has 0 aliphatic carbocycles. The van der Waals surface area contributed by atoms with Gasteiger partial charge in [0.05, 0.1) is 11.1 Å². The van der Waals surface area contributed by atoms with Gasteiger partial charge in [0.15, 0.2) is 5.96 Å². The molecule has 30 heavy (non-hydrogen) atoms. The number of nitrogens with zero attached hydrogens (tertiary/aromatic N) is 2. The lowest BCUT2D eigenvalue weighted by molar-refractivity contribution is 0.0652. The zero-order chi connectivity index (χ0) is 20.6. The number of halogens is 2. The van der Waals surface area contributed by atoms with Crippen molar-refractivity contribution in [3.05, 3.63) is 70.2 Å². The van der Waals surface area contributed by atoms with Gasteiger partial charge in [-0.15, -0.1) is 24.0 Å². The number of rotatable bonds is 8. The first-order chi connectivity index (χ1) is 14.1. The molecular weight excluding hydrogens is 515 g/mol. The highest BCUT2D eigenvalue weighted by molar-refractivity contribution is 14.0. The predicted molar refractivity (Wildman–Crippen MR) is 131 cm³/mol. The van der Waals surface area contributed by atoms with Crippen molar-refractivity contribution in [2.45, 2.75) is 19.3 Å². The molecule has 6 nitrogen and oxygen atoms in total. The maximum Gasteiger partial charge on any atom is 0.261 e. The van der Waals surface area contributed by atoms with Crippen molar-refractivity contribution in [1.29, 1.82) is 0 Å². The van der Waals surface area contributed by atoms with E-state index in [1.807, 2.05) is 24.3 Å².